The molecule has 6 nitrogen and oxygen atoms in total. The molecule has 0 aliphatic rings. The number of benzene rings is 2. The van der Waals surface area contributed by atoms with Gasteiger partial charge in [-0.15, -0.1) is 0 Å². The Labute approximate surface area is 170 Å². The van der Waals surface area contributed by atoms with Crippen molar-refractivity contribution in [1.29, 1.82) is 0 Å². The van der Waals surface area contributed by atoms with Crippen molar-refractivity contribution in [2.45, 2.75) is 27.7 Å². The second-order valence-corrected chi connectivity index (χ2v) is 7.04. The Morgan fingerprint density at radius 3 is 1.86 bits per heavy atom. The summed E-state index contributed by atoms with van der Waals surface area (Å²) in [6.07, 6.45) is 1.65. The van der Waals surface area contributed by atoms with Crippen molar-refractivity contribution in [3.05, 3.63) is 77.1 Å². The highest BCUT2D eigenvalue weighted by Gasteiger charge is 2.09. The Morgan fingerprint density at radius 2 is 1.34 bits per heavy atom. The van der Waals surface area contributed by atoms with Gasteiger partial charge in [0.15, 0.2) is 0 Å². The number of hydrogen-bond donors (Lipinski definition) is 3. The second-order valence-electron chi connectivity index (χ2n) is 7.04. The van der Waals surface area contributed by atoms with Crippen molar-refractivity contribution in [1.82, 2.24) is 4.98 Å². The Bertz CT molecular complexity index is 1020. The lowest BCUT2D eigenvalue weighted by atomic mass is 10.0. The van der Waals surface area contributed by atoms with Crippen LogP contribution in [0.25, 0.3) is 0 Å². The predicted molar refractivity (Wildman–Crippen MR) is 117 cm³/mol. The number of rotatable bonds is 5. The van der Waals surface area contributed by atoms with Crippen molar-refractivity contribution in [3.63, 3.8) is 0 Å². The van der Waals surface area contributed by atoms with E-state index in [2.05, 4.69) is 53.8 Å². The Hall–Kier alpha value is -3.67. The lowest BCUT2D eigenvalue weighted by Crippen LogP contribution is -2.13. The minimum Gasteiger partial charge on any atom is -0.354 e. The minimum absolute atomic E-state index is 0.143. The van der Waals surface area contributed by atoms with E-state index in [1.807, 2.05) is 6.07 Å². The Balaban J connectivity index is 1.67. The van der Waals surface area contributed by atoms with Gasteiger partial charge in [0.25, 0.3) is 5.91 Å². The van der Waals surface area contributed by atoms with Gasteiger partial charge in [0, 0.05) is 24.0 Å². The van der Waals surface area contributed by atoms with E-state index in [4.69, 9.17) is 0 Å². The van der Waals surface area contributed by atoms with Crippen LogP contribution in [0.1, 0.15) is 34.1 Å². The van der Waals surface area contributed by atoms with Crippen LogP contribution in [0.2, 0.25) is 0 Å². The van der Waals surface area contributed by atoms with E-state index in [1.54, 1.807) is 36.5 Å². The summed E-state index contributed by atoms with van der Waals surface area (Å²) in [4.78, 5) is 27.8. The Kier molecular flexibility index (Phi) is 5.93. The highest BCUT2D eigenvalue weighted by molar-refractivity contribution is 6.03. The molecule has 0 radical (unpaired) electrons. The minimum atomic E-state index is -0.300. The lowest BCUT2D eigenvalue weighted by molar-refractivity contribution is -0.114. The second kappa shape index (κ2) is 8.56. The van der Waals surface area contributed by atoms with E-state index in [1.165, 1.54) is 12.5 Å². The van der Waals surface area contributed by atoms with Crippen molar-refractivity contribution in [2.24, 2.45) is 0 Å². The molecule has 0 aliphatic heterocycles. The van der Waals surface area contributed by atoms with Gasteiger partial charge >= 0.3 is 0 Å². The van der Waals surface area contributed by atoms with Gasteiger partial charge in [0.2, 0.25) is 5.91 Å². The molecule has 29 heavy (non-hydrogen) atoms. The summed E-state index contributed by atoms with van der Waals surface area (Å²) in [6.45, 7) is 7.65. The topological polar surface area (TPSA) is 83.1 Å². The van der Waals surface area contributed by atoms with Gasteiger partial charge in [-0.05, 0) is 68.3 Å². The molecule has 1 heterocycles. The predicted octanol–water partition coefficient (Wildman–Crippen LogP) is 4.96. The van der Waals surface area contributed by atoms with E-state index in [0.29, 0.717) is 17.1 Å². The summed E-state index contributed by atoms with van der Waals surface area (Å²) in [5.41, 5.74) is 7.02. The first-order valence-corrected chi connectivity index (χ1v) is 9.32. The molecule has 2 aromatic carbocycles. The molecule has 0 saturated carbocycles. The van der Waals surface area contributed by atoms with Crippen LogP contribution in [0.5, 0.6) is 0 Å². The van der Waals surface area contributed by atoms with E-state index in [-0.39, 0.29) is 11.8 Å². The monoisotopic (exact) mass is 388 g/mol. The molecular formula is C23H24N4O2. The molecule has 0 aliphatic carbocycles. The molecule has 3 rings (SSSR count). The molecule has 0 unspecified atom stereocenters. The third-order valence-electron chi connectivity index (χ3n) is 4.41. The Morgan fingerprint density at radius 1 is 0.793 bits per heavy atom. The van der Waals surface area contributed by atoms with Gasteiger partial charge in [-0.1, -0.05) is 17.7 Å². The van der Waals surface area contributed by atoms with Crippen LogP contribution in [0.15, 0.2) is 54.7 Å². The van der Waals surface area contributed by atoms with Gasteiger partial charge in [-0.3, -0.25) is 9.59 Å². The standard InChI is InChI=1S/C23H24N4O2/c1-14-11-15(2)22(16(3)12-14)26-20-9-10-21(24-13-20)23(29)27-19-7-5-18(6-8-19)25-17(4)28/h5-13,26H,1-4H3,(H,25,28)(H,27,29). The van der Waals surface area contributed by atoms with E-state index < -0.39 is 0 Å². The highest BCUT2D eigenvalue weighted by atomic mass is 16.2. The smallest absolute Gasteiger partial charge is 0.274 e. The molecule has 0 saturated heterocycles. The number of anilines is 4. The zero-order valence-electron chi connectivity index (χ0n) is 17.0. The van der Waals surface area contributed by atoms with Crippen LogP contribution in [-0.4, -0.2) is 16.8 Å². The van der Waals surface area contributed by atoms with Gasteiger partial charge < -0.3 is 16.0 Å². The van der Waals surface area contributed by atoms with Crippen LogP contribution in [0.3, 0.4) is 0 Å². The highest BCUT2D eigenvalue weighted by Crippen LogP contribution is 2.25. The molecule has 0 bridgehead atoms. The molecule has 3 aromatic rings. The maximum absolute atomic E-state index is 12.4. The molecular weight excluding hydrogens is 364 g/mol. The van der Waals surface area contributed by atoms with Crippen LogP contribution in [0, 0.1) is 20.8 Å². The number of nitrogens with one attached hydrogen (secondary N) is 3. The third kappa shape index (κ3) is 5.19. The number of amides is 2. The number of nitrogens with zero attached hydrogens (tertiary/aromatic N) is 1. The lowest BCUT2D eigenvalue weighted by Gasteiger charge is -2.14. The fourth-order valence-electron chi connectivity index (χ4n) is 3.16. The number of aromatic nitrogens is 1. The van der Waals surface area contributed by atoms with Crippen LogP contribution in [0.4, 0.5) is 22.7 Å². The third-order valence-corrected chi connectivity index (χ3v) is 4.41. The summed E-state index contributed by atoms with van der Waals surface area (Å²) in [7, 11) is 0. The SMILES string of the molecule is CC(=O)Nc1ccc(NC(=O)c2ccc(Nc3c(C)cc(C)cc3C)cn2)cc1. The van der Waals surface area contributed by atoms with Crippen molar-refractivity contribution >= 4 is 34.6 Å². The average molecular weight is 388 g/mol. The molecule has 0 spiro atoms. The largest absolute Gasteiger partial charge is 0.354 e. The normalized spacial score (nSPS) is 10.3. The van der Waals surface area contributed by atoms with E-state index in [9.17, 15) is 9.59 Å². The molecule has 0 atom stereocenters. The zero-order chi connectivity index (χ0) is 21.0. The maximum atomic E-state index is 12.4. The first kappa shape index (κ1) is 20.1. The zero-order valence-corrected chi connectivity index (χ0v) is 17.0. The maximum Gasteiger partial charge on any atom is 0.274 e. The summed E-state index contributed by atoms with van der Waals surface area (Å²) in [5.74, 6) is -0.442. The average Bonchev–Trinajstić information content (AvgIpc) is 2.66. The molecule has 2 amide bonds. The summed E-state index contributed by atoms with van der Waals surface area (Å²) in [6, 6.07) is 14.7. The number of hydrogen-bond acceptors (Lipinski definition) is 4. The summed E-state index contributed by atoms with van der Waals surface area (Å²) < 4.78 is 0. The van der Waals surface area contributed by atoms with Gasteiger partial charge in [0.1, 0.15) is 5.69 Å². The quantitative estimate of drug-likeness (QED) is 0.577. The van der Waals surface area contributed by atoms with Crippen molar-refractivity contribution in [3.8, 4) is 0 Å². The number of carbonyl (C=O) groups excluding carboxylic acids is 2. The number of carbonyl (C=O) groups is 2. The van der Waals surface area contributed by atoms with Gasteiger partial charge in [0.05, 0.1) is 11.9 Å². The van der Waals surface area contributed by atoms with E-state index in [0.717, 1.165) is 22.5 Å². The molecule has 148 valence electrons. The fraction of sp³-hybridized carbons (Fsp3) is 0.174. The number of pyridine rings is 1. The van der Waals surface area contributed by atoms with Crippen LogP contribution in [-0.2, 0) is 4.79 Å². The van der Waals surface area contributed by atoms with Crippen molar-refractivity contribution < 1.29 is 9.59 Å². The molecule has 6 heteroatoms. The molecule has 3 N–H and O–H groups in total. The van der Waals surface area contributed by atoms with Gasteiger partial charge in [-0.2, -0.15) is 0 Å². The van der Waals surface area contributed by atoms with E-state index >= 15 is 0 Å². The molecule has 1 aromatic heterocycles. The van der Waals surface area contributed by atoms with Gasteiger partial charge in [-0.25, -0.2) is 4.98 Å². The van der Waals surface area contributed by atoms with Crippen molar-refractivity contribution in [2.75, 3.05) is 16.0 Å². The number of aryl methyl sites for hydroxylation is 3. The first-order valence-electron chi connectivity index (χ1n) is 9.32. The molecule has 0 fully saturated rings. The van der Waals surface area contributed by atoms with Crippen LogP contribution < -0.4 is 16.0 Å². The fourth-order valence-corrected chi connectivity index (χ4v) is 3.16. The summed E-state index contributed by atoms with van der Waals surface area (Å²) in [5, 5.41) is 8.86. The first-order chi connectivity index (χ1) is 13.8. The van der Waals surface area contributed by atoms with Crippen LogP contribution >= 0.6 is 0 Å². The summed E-state index contributed by atoms with van der Waals surface area (Å²) >= 11 is 0.